The molecule has 0 aromatic carbocycles. The minimum absolute atomic E-state index is 0.0720. The largest absolute Gasteiger partial charge is 0.359 e. The molecule has 1 unspecified atom stereocenters. The molecule has 1 saturated carbocycles. The standard InChI is InChI=1S/C15H23N3O2/c1-10-8-14(20-17-10)13-6-3-7-18(13)15(19)12-5-2-4-11(12)9-16/h8,11-13H,2-7,9,16H2,1H3/t11-,12-,13?/m1/s1. The van der Waals surface area contributed by atoms with Crippen LogP contribution in [0, 0.1) is 18.8 Å². The van der Waals surface area contributed by atoms with Crippen LogP contribution in [0.4, 0.5) is 0 Å². The van der Waals surface area contributed by atoms with Gasteiger partial charge in [0.15, 0.2) is 5.76 Å². The van der Waals surface area contributed by atoms with Crippen LogP contribution in [0.2, 0.25) is 0 Å². The highest BCUT2D eigenvalue weighted by Gasteiger charge is 2.40. The third-order valence-electron chi connectivity index (χ3n) is 4.79. The van der Waals surface area contributed by atoms with Crippen LogP contribution < -0.4 is 5.73 Å². The Labute approximate surface area is 119 Å². The fraction of sp³-hybridized carbons (Fsp3) is 0.733. The number of nitrogens with zero attached hydrogens (tertiary/aromatic N) is 2. The van der Waals surface area contributed by atoms with Crippen LogP contribution in [0.25, 0.3) is 0 Å². The highest BCUT2D eigenvalue weighted by molar-refractivity contribution is 5.80. The zero-order valence-electron chi connectivity index (χ0n) is 12.0. The monoisotopic (exact) mass is 277 g/mol. The van der Waals surface area contributed by atoms with Crippen molar-refractivity contribution in [3.63, 3.8) is 0 Å². The number of aromatic nitrogens is 1. The zero-order valence-corrected chi connectivity index (χ0v) is 12.0. The zero-order chi connectivity index (χ0) is 14.1. The molecule has 2 aliphatic rings. The van der Waals surface area contributed by atoms with Gasteiger partial charge in [-0.1, -0.05) is 11.6 Å². The van der Waals surface area contributed by atoms with Gasteiger partial charge in [-0.2, -0.15) is 0 Å². The molecule has 20 heavy (non-hydrogen) atoms. The Hall–Kier alpha value is -1.36. The van der Waals surface area contributed by atoms with E-state index in [2.05, 4.69) is 5.16 Å². The molecule has 1 aliphatic carbocycles. The van der Waals surface area contributed by atoms with Crippen molar-refractivity contribution in [2.45, 2.75) is 45.1 Å². The smallest absolute Gasteiger partial charge is 0.226 e. The van der Waals surface area contributed by atoms with Crippen molar-refractivity contribution >= 4 is 5.91 Å². The van der Waals surface area contributed by atoms with Gasteiger partial charge in [0.25, 0.3) is 0 Å². The Kier molecular flexibility index (Phi) is 3.78. The molecular weight excluding hydrogens is 254 g/mol. The van der Waals surface area contributed by atoms with E-state index in [9.17, 15) is 4.79 Å². The van der Waals surface area contributed by atoms with Crippen LogP contribution in [0.15, 0.2) is 10.6 Å². The Morgan fingerprint density at radius 3 is 3.00 bits per heavy atom. The molecule has 1 aliphatic heterocycles. The summed E-state index contributed by atoms with van der Waals surface area (Å²) in [7, 11) is 0. The minimum Gasteiger partial charge on any atom is -0.359 e. The summed E-state index contributed by atoms with van der Waals surface area (Å²) >= 11 is 0. The molecule has 1 amide bonds. The van der Waals surface area contributed by atoms with E-state index in [1.165, 1.54) is 0 Å². The minimum atomic E-state index is 0.0720. The number of hydrogen-bond acceptors (Lipinski definition) is 4. The highest BCUT2D eigenvalue weighted by atomic mass is 16.5. The normalized spacial score (nSPS) is 30.1. The van der Waals surface area contributed by atoms with Crippen molar-refractivity contribution in [2.75, 3.05) is 13.1 Å². The molecule has 3 rings (SSSR count). The molecule has 1 aromatic rings. The molecule has 0 spiro atoms. The summed E-state index contributed by atoms with van der Waals surface area (Å²) in [5.41, 5.74) is 6.69. The van der Waals surface area contributed by atoms with Crippen molar-refractivity contribution in [2.24, 2.45) is 17.6 Å². The van der Waals surface area contributed by atoms with Crippen LogP contribution in [-0.2, 0) is 4.79 Å². The number of carbonyl (C=O) groups is 1. The lowest BCUT2D eigenvalue weighted by molar-refractivity contribution is -0.138. The quantitative estimate of drug-likeness (QED) is 0.917. The lowest BCUT2D eigenvalue weighted by atomic mass is 9.94. The average molecular weight is 277 g/mol. The van der Waals surface area contributed by atoms with E-state index in [0.29, 0.717) is 12.5 Å². The second kappa shape index (κ2) is 5.56. The first-order valence-electron chi connectivity index (χ1n) is 7.64. The lowest BCUT2D eigenvalue weighted by Gasteiger charge is -2.28. The molecular formula is C15H23N3O2. The topological polar surface area (TPSA) is 72.4 Å². The predicted molar refractivity (Wildman–Crippen MR) is 74.8 cm³/mol. The molecule has 2 heterocycles. The lowest BCUT2D eigenvalue weighted by Crippen LogP contribution is -2.38. The van der Waals surface area contributed by atoms with E-state index in [1.807, 2.05) is 17.9 Å². The number of rotatable bonds is 3. The molecule has 0 radical (unpaired) electrons. The summed E-state index contributed by atoms with van der Waals surface area (Å²) in [5, 5.41) is 3.95. The van der Waals surface area contributed by atoms with E-state index in [4.69, 9.17) is 10.3 Å². The van der Waals surface area contributed by atoms with Gasteiger partial charge in [0.05, 0.1) is 11.7 Å². The van der Waals surface area contributed by atoms with E-state index in [1.54, 1.807) is 0 Å². The highest BCUT2D eigenvalue weighted by Crippen LogP contribution is 2.38. The summed E-state index contributed by atoms with van der Waals surface area (Å²) in [6.07, 6.45) is 5.21. The fourth-order valence-corrected chi connectivity index (χ4v) is 3.72. The van der Waals surface area contributed by atoms with Crippen molar-refractivity contribution in [1.29, 1.82) is 0 Å². The van der Waals surface area contributed by atoms with Crippen LogP contribution >= 0.6 is 0 Å². The molecule has 0 bridgehead atoms. The number of nitrogens with two attached hydrogens (primary N) is 1. The molecule has 2 N–H and O–H groups in total. The van der Waals surface area contributed by atoms with Gasteiger partial charge in [0.2, 0.25) is 5.91 Å². The number of aryl methyl sites for hydroxylation is 1. The van der Waals surface area contributed by atoms with Crippen LogP contribution in [0.5, 0.6) is 0 Å². The maximum Gasteiger partial charge on any atom is 0.226 e. The third-order valence-corrected chi connectivity index (χ3v) is 4.79. The average Bonchev–Trinajstić information content (AvgIpc) is 3.17. The fourth-order valence-electron chi connectivity index (χ4n) is 3.72. The van der Waals surface area contributed by atoms with Crippen LogP contribution in [-0.4, -0.2) is 29.1 Å². The summed E-state index contributed by atoms with van der Waals surface area (Å²) in [6, 6.07) is 2.02. The van der Waals surface area contributed by atoms with Gasteiger partial charge in [-0.05, 0) is 45.1 Å². The molecule has 5 nitrogen and oxygen atoms in total. The van der Waals surface area contributed by atoms with Crippen molar-refractivity contribution in [1.82, 2.24) is 10.1 Å². The molecule has 1 saturated heterocycles. The number of likely N-dealkylation sites (tertiary alicyclic amines) is 1. The van der Waals surface area contributed by atoms with Gasteiger partial charge in [-0.3, -0.25) is 4.79 Å². The third kappa shape index (κ3) is 2.35. The van der Waals surface area contributed by atoms with Gasteiger partial charge in [-0.15, -0.1) is 0 Å². The molecule has 110 valence electrons. The molecule has 5 heteroatoms. The van der Waals surface area contributed by atoms with E-state index in [-0.39, 0.29) is 17.9 Å². The van der Waals surface area contributed by atoms with E-state index in [0.717, 1.165) is 50.1 Å². The molecule has 2 fully saturated rings. The first-order valence-corrected chi connectivity index (χ1v) is 7.64. The Morgan fingerprint density at radius 2 is 2.30 bits per heavy atom. The van der Waals surface area contributed by atoms with E-state index >= 15 is 0 Å². The number of amides is 1. The summed E-state index contributed by atoms with van der Waals surface area (Å²) in [6.45, 7) is 3.36. The summed E-state index contributed by atoms with van der Waals surface area (Å²) < 4.78 is 5.38. The van der Waals surface area contributed by atoms with Gasteiger partial charge < -0.3 is 15.2 Å². The summed E-state index contributed by atoms with van der Waals surface area (Å²) in [5.74, 6) is 1.58. The first kappa shape index (κ1) is 13.6. The van der Waals surface area contributed by atoms with E-state index < -0.39 is 0 Å². The maximum absolute atomic E-state index is 12.8. The Bertz CT molecular complexity index is 485. The number of carbonyl (C=O) groups excluding carboxylic acids is 1. The van der Waals surface area contributed by atoms with Crippen molar-refractivity contribution < 1.29 is 9.32 Å². The second-order valence-electron chi connectivity index (χ2n) is 6.09. The van der Waals surface area contributed by atoms with Crippen molar-refractivity contribution in [3.8, 4) is 0 Å². The van der Waals surface area contributed by atoms with Crippen LogP contribution in [0.3, 0.4) is 0 Å². The van der Waals surface area contributed by atoms with Gasteiger partial charge in [0.1, 0.15) is 0 Å². The maximum atomic E-state index is 12.8. The second-order valence-corrected chi connectivity index (χ2v) is 6.09. The Morgan fingerprint density at radius 1 is 1.45 bits per heavy atom. The van der Waals surface area contributed by atoms with Crippen molar-refractivity contribution in [3.05, 3.63) is 17.5 Å². The predicted octanol–water partition coefficient (Wildman–Crippen LogP) is 2.02. The van der Waals surface area contributed by atoms with Crippen LogP contribution in [0.1, 0.15) is 49.6 Å². The van der Waals surface area contributed by atoms with Gasteiger partial charge in [0, 0.05) is 18.5 Å². The summed E-state index contributed by atoms with van der Waals surface area (Å²) in [4.78, 5) is 14.8. The van der Waals surface area contributed by atoms with Gasteiger partial charge in [-0.25, -0.2) is 0 Å². The SMILES string of the molecule is Cc1cc(C2CCCN2C(=O)[C@@H]2CCC[C@@H]2CN)on1. The van der Waals surface area contributed by atoms with Gasteiger partial charge >= 0.3 is 0 Å². The molecule has 3 atom stereocenters. The first-order chi connectivity index (χ1) is 9.70. The molecule has 1 aromatic heterocycles. The Balaban J connectivity index is 1.76. The number of hydrogen-bond donors (Lipinski definition) is 1.